The normalized spacial score (nSPS) is 9.46. The summed E-state index contributed by atoms with van der Waals surface area (Å²) in [5.74, 6) is -1.80. The van der Waals surface area contributed by atoms with Gasteiger partial charge in [-0.2, -0.15) is 0 Å². The predicted molar refractivity (Wildman–Crippen MR) is 42.1 cm³/mol. The van der Waals surface area contributed by atoms with Crippen molar-refractivity contribution < 1.29 is 9.59 Å². The SMILES string of the molecule is C/C(=C/C(=O)N=[N+]=[N-])C(=O)N=[N+]=[N-]. The standard InChI is InChI=1S/C5H4N6O2/c1-3(5(13)9-11-7)2-4(12)8-10-6/h2H,1H3/b3-2-. The molecule has 0 aromatic rings. The summed E-state index contributed by atoms with van der Waals surface area (Å²) in [5.41, 5.74) is 15.6. The molecule has 0 aliphatic carbocycles. The molecule has 0 saturated heterocycles. The smallest absolute Gasteiger partial charge is 0.245 e. The van der Waals surface area contributed by atoms with E-state index >= 15 is 0 Å². The number of hydrogen-bond donors (Lipinski definition) is 0. The van der Waals surface area contributed by atoms with E-state index in [1.165, 1.54) is 6.92 Å². The van der Waals surface area contributed by atoms with Gasteiger partial charge in [0.25, 0.3) is 0 Å². The van der Waals surface area contributed by atoms with Crippen LogP contribution < -0.4 is 0 Å². The first-order valence-electron chi connectivity index (χ1n) is 2.98. The number of rotatable bonds is 2. The Balaban J connectivity index is 4.67. The van der Waals surface area contributed by atoms with Crippen molar-refractivity contribution in [1.82, 2.24) is 0 Å². The topological polar surface area (TPSA) is 132 Å². The molecule has 0 spiro atoms. The first-order chi connectivity index (χ1) is 6.11. The first-order valence-corrected chi connectivity index (χ1v) is 2.98. The van der Waals surface area contributed by atoms with Gasteiger partial charge in [-0.3, -0.25) is 9.59 Å². The molecule has 0 unspecified atom stereocenters. The van der Waals surface area contributed by atoms with Gasteiger partial charge >= 0.3 is 0 Å². The van der Waals surface area contributed by atoms with Crippen molar-refractivity contribution in [2.45, 2.75) is 6.92 Å². The lowest BCUT2D eigenvalue weighted by Crippen LogP contribution is -1.96. The molecular formula is C5H4N6O2. The monoisotopic (exact) mass is 180 g/mol. The Labute approximate surface area is 72.1 Å². The molecular weight excluding hydrogens is 176 g/mol. The quantitative estimate of drug-likeness (QED) is 0.276. The third-order valence-corrected chi connectivity index (χ3v) is 0.956. The van der Waals surface area contributed by atoms with Crippen molar-refractivity contribution in [3.05, 3.63) is 32.5 Å². The van der Waals surface area contributed by atoms with E-state index < -0.39 is 11.8 Å². The summed E-state index contributed by atoms with van der Waals surface area (Å²) in [6, 6.07) is 0. The zero-order chi connectivity index (χ0) is 10.3. The van der Waals surface area contributed by atoms with E-state index in [0.29, 0.717) is 0 Å². The molecule has 8 nitrogen and oxygen atoms in total. The fourth-order valence-electron chi connectivity index (χ4n) is 0.439. The van der Waals surface area contributed by atoms with Gasteiger partial charge < -0.3 is 0 Å². The summed E-state index contributed by atoms with van der Waals surface area (Å²) in [4.78, 5) is 25.7. The van der Waals surface area contributed by atoms with Crippen molar-refractivity contribution in [3.8, 4) is 0 Å². The molecule has 8 heteroatoms. The predicted octanol–water partition coefficient (Wildman–Crippen LogP) is 1.61. The average molecular weight is 180 g/mol. The second-order valence-electron chi connectivity index (χ2n) is 1.85. The van der Waals surface area contributed by atoms with Crippen molar-refractivity contribution in [3.63, 3.8) is 0 Å². The van der Waals surface area contributed by atoms with Crippen LogP contribution in [0.4, 0.5) is 0 Å². The van der Waals surface area contributed by atoms with Gasteiger partial charge in [0.1, 0.15) is 0 Å². The van der Waals surface area contributed by atoms with Gasteiger partial charge in [0.15, 0.2) is 0 Å². The van der Waals surface area contributed by atoms with Crippen molar-refractivity contribution in [1.29, 1.82) is 0 Å². The molecule has 0 aliphatic rings. The molecule has 13 heavy (non-hydrogen) atoms. The molecule has 0 N–H and O–H groups in total. The average Bonchev–Trinajstić information content (AvgIpc) is 2.05. The number of amides is 2. The van der Waals surface area contributed by atoms with E-state index in [0.717, 1.165) is 6.08 Å². The van der Waals surface area contributed by atoms with Crippen LogP contribution >= 0.6 is 0 Å². The van der Waals surface area contributed by atoms with E-state index in [-0.39, 0.29) is 5.57 Å². The van der Waals surface area contributed by atoms with E-state index in [1.807, 2.05) is 0 Å². The summed E-state index contributed by atoms with van der Waals surface area (Å²) in [6.07, 6.45) is 0.788. The number of carbonyl (C=O) groups is 2. The molecule has 2 amide bonds. The first kappa shape index (κ1) is 10.7. The Morgan fingerprint density at radius 3 is 2.23 bits per heavy atom. The molecule has 0 rings (SSSR count). The summed E-state index contributed by atoms with van der Waals surface area (Å²) >= 11 is 0. The molecule has 0 aliphatic heterocycles. The maximum absolute atomic E-state index is 10.7. The minimum Gasteiger partial charge on any atom is -0.288 e. The number of carbonyl (C=O) groups excluding carboxylic acids is 2. The summed E-state index contributed by atoms with van der Waals surface area (Å²) in [6.45, 7) is 1.27. The van der Waals surface area contributed by atoms with Gasteiger partial charge in [-0.1, -0.05) is 0 Å². The molecule has 0 radical (unpaired) electrons. The van der Waals surface area contributed by atoms with Crippen LogP contribution in [0.3, 0.4) is 0 Å². The third kappa shape index (κ3) is 4.20. The molecule has 0 atom stereocenters. The minimum absolute atomic E-state index is 0.0878. The Hall–Kier alpha value is -2.30. The number of hydrogen-bond acceptors (Lipinski definition) is 2. The van der Waals surface area contributed by atoms with Crippen LogP contribution in [0.2, 0.25) is 0 Å². The fourth-order valence-corrected chi connectivity index (χ4v) is 0.439. The van der Waals surface area contributed by atoms with Crippen molar-refractivity contribution in [2.75, 3.05) is 0 Å². The van der Waals surface area contributed by atoms with E-state index in [2.05, 4.69) is 20.1 Å². The number of azide groups is 2. The van der Waals surface area contributed by atoms with E-state index in [1.54, 1.807) is 0 Å². The Kier molecular flexibility index (Phi) is 4.41. The van der Waals surface area contributed by atoms with Crippen molar-refractivity contribution in [2.24, 2.45) is 10.2 Å². The van der Waals surface area contributed by atoms with Gasteiger partial charge in [-0.05, 0) is 34.3 Å². The van der Waals surface area contributed by atoms with Gasteiger partial charge in [0, 0.05) is 15.4 Å². The zero-order valence-electron chi connectivity index (χ0n) is 6.58. The van der Waals surface area contributed by atoms with Gasteiger partial charge in [0.05, 0.1) is 0 Å². The summed E-state index contributed by atoms with van der Waals surface area (Å²) < 4.78 is 0. The highest BCUT2D eigenvalue weighted by Gasteiger charge is 2.02. The highest BCUT2D eigenvalue weighted by atomic mass is 16.2. The highest BCUT2D eigenvalue weighted by Crippen LogP contribution is 1.97. The summed E-state index contributed by atoms with van der Waals surface area (Å²) in [7, 11) is 0. The van der Waals surface area contributed by atoms with Crippen molar-refractivity contribution >= 4 is 11.8 Å². The maximum atomic E-state index is 10.7. The van der Waals surface area contributed by atoms with Crippen LogP contribution in [0.15, 0.2) is 21.9 Å². The molecule has 0 saturated carbocycles. The lowest BCUT2D eigenvalue weighted by molar-refractivity contribution is -0.116. The maximum Gasteiger partial charge on any atom is 0.245 e. The van der Waals surface area contributed by atoms with Crippen LogP contribution in [0.1, 0.15) is 6.92 Å². The Bertz CT molecular complexity index is 357. The zero-order valence-corrected chi connectivity index (χ0v) is 6.58. The van der Waals surface area contributed by atoms with E-state index in [4.69, 9.17) is 11.1 Å². The van der Waals surface area contributed by atoms with E-state index in [9.17, 15) is 9.59 Å². The van der Waals surface area contributed by atoms with Crippen LogP contribution in [0.25, 0.3) is 20.9 Å². The molecule has 0 fully saturated rings. The van der Waals surface area contributed by atoms with Crippen LogP contribution in [0, 0.1) is 0 Å². The molecule has 0 aromatic carbocycles. The Morgan fingerprint density at radius 1 is 1.23 bits per heavy atom. The third-order valence-electron chi connectivity index (χ3n) is 0.956. The van der Waals surface area contributed by atoms with Gasteiger partial charge in [0.2, 0.25) is 11.8 Å². The lowest BCUT2D eigenvalue weighted by atomic mass is 10.3. The van der Waals surface area contributed by atoms with Crippen LogP contribution in [-0.2, 0) is 9.59 Å². The number of nitrogens with zero attached hydrogens (tertiary/aromatic N) is 6. The molecule has 0 bridgehead atoms. The highest BCUT2D eigenvalue weighted by molar-refractivity contribution is 6.01. The van der Waals surface area contributed by atoms with Crippen LogP contribution in [-0.4, -0.2) is 11.8 Å². The Morgan fingerprint density at radius 2 is 1.77 bits per heavy atom. The van der Waals surface area contributed by atoms with Crippen LogP contribution in [0.5, 0.6) is 0 Å². The molecule has 0 aromatic heterocycles. The molecule has 0 heterocycles. The molecule has 66 valence electrons. The lowest BCUT2D eigenvalue weighted by Gasteiger charge is -1.88. The second-order valence-corrected chi connectivity index (χ2v) is 1.85. The largest absolute Gasteiger partial charge is 0.288 e. The second kappa shape index (κ2) is 5.36. The van der Waals surface area contributed by atoms with Gasteiger partial charge in [-0.25, -0.2) is 0 Å². The minimum atomic E-state index is -0.915. The summed E-state index contributed by atoms with van der Waals surface area (Å²) in [5, 5.41) is 5.41. The van der Waals surface area contributed by atoms with Gasteiger partial charge in [-0.15, -0.1) is 0 Å². The fraction of sp³-hybridized carbons (Fsp3) is 0.200.